The van der Waals surface area contributed by atoms with Crippen LogP contribution in [0.5, 0.6) is 0 Å². The molecule has 0 aliphatic heterocycles. The molecule has 0 atom stereocenters. The Morgan fingerprint density at radius 3 is 1.39 bits per heavy atom. The second-order valence-electron chi connectivity index (χ2n) is 10.9. The average Bonchev–Trinajstić information content (AvgIpc) is 3.66. The molecule has 6 aromatic carbocycles. The molecule has 9 rings (SSSR count). The van der Waals surface area contributed by atoms with Crippen LogP contribution in [0.2, 0.25) is 0 Å². The van der Waals surface area contributed by atoms with E-state index in [-0.39, 0.29) is 20.4 Å². The zero-order chi connectivity index (χ0) is 29.0. The Kier molecular flexibility index (Phi) is 6.47. The predicted octanol–water partition coefficient (Wildman–Crippen LogP) is 9.27. The molecule has 5 heteroatoms. The van der Waals surface area contributed by atoms with E-state index in [1.54, 1.807) is 0 Å². The Hall–Kier alpha value is -4.09. The van der Waals surface area contributed by atoms with Gasteiger partial charge in [0.25, 0.3) is 0 Å². The topological polar surface area (TPSA) is 38.7 Å². The summed E-state index contributed by atoms with van der Waals surface area (Å²) >= 11 is -0.814. The number of hydrogen-bond acceptors (Lipinski definition) is 3. The van der Waals surface area contributed by atoms with Crippen LogP contribution in [-0.4, -0.2) is 55.8 Å². The first-order valence-corrected chi connectivity index (χ1v) is 19.2. The summed E-state index contributed by atoms with van der Waals surface area (Å²) in [7, 11) is 0. The van der Waals surface area contributed by atoms with Gasteiger partial charge in [-0.3, -0.25) is 0 Å². The molecule has 0 fully saturated rings. The predicted molar refractivity (Wildman–Crippen MR) is 185 cm³/mol. The number of fused-ring (bicyclic) bond motifs is 6. The van der Waals surface area contributed by atoms with Crippen molar-refractivity contribution >= 4 is 76.0 Å². The summed E-state index contributed by atoms with van der Waals surface area (Å²) < 4.78 is 5.99. The third kappa shape index (κ3) is 4.60. The molecular formula is C39H23N3Te2. The first kappa shape index (κ1) is 26.3. The molecule has 3 aromatic heterocycles. The zero-order valence-corrected chi connectivity index (χ0v) is 28.1. The number of aromatic nitrogens is 3. The van der Waals surface area contributed by atoms with Gasteiger partial charge in [0.1, 0.15) is 0 Å². The number of rotatable bonds is 4. The summed E-state index contributed by atoms with van der Waals surface area (Å²) in [5.41, 5.74) is 5.44. The van der Waals surface area contributed by atoms with Gasteiger partial charge in [-0.05, 0) is 0 Å². The molecule has 0 radical (unpaired) electrons. The SMILES string of the molecule is c1ccc(-c2nc(-c3cccc(-c4ccc5c(c4)[te]c4ccccc45)c3)nc(-c3ccc4c(c3)[te]c3ccccc34)n2)cc1. The van der Waals surface area contributed by atoms with Gasteiger partial charge in [0.2, 0.25) is 0 Å². The number of benzene rings is 6. The summed E-state index contributed by atoms with van der Waals surface area (Å²) in [5, 5.41) is 5.55. The molecule has 0 saturated heterocycles. The second kappa shape index (κ2) is 10.8. The fourth-order valence-electron chi connectivity index (χ4n) is 5.96. The standard InChI is InChI=1S/C39H23N3Te2/c1-2-9-24(10-3-1)37-40-38(42-39(41-37)28-18-20-32-30-14-5-7-16-34(30)44-36(32)23-28)27-12-8-11-25(21-27)26-17-19-31-29-13-4-6-15-33(29)43-35(31)22-26/h1-23H. The van der Waals surface area contributed by atoms with Crippen LogP contribution in [-0.2, 0) is 0 Å². The van der Waals surface area contributed by atoms with Crippen LogP contribution in [0.25, 0.3) is 80.4 Å². The van der Waals surface area contributed by atoms with Crippen LogP contribution in [0.1, 0.15) is 0 Å². The van der Waals surface area contributed by atoms with E-state index in [1.165, 1.54) is 46.3 Å². The number of hydrogen-bond donors (Lipinski definition) is 0. The van der Waals surface area contributed by atoms with Crippen LogP contribution in [0.3, 0.4) is 0 Å². The molecule has 9 aromatic rings. The Labute approximate surface area is 273 Å². The summed E-state index contributed by atoms with van der Waals surface area (Å²) in [6.07, 6.45) is 0. The van der Waals surface area contributed by atoms with Crippen molar-refractivity contribution in [2.24, 2.45) is 0 Å². The molecule has 0 saturated carbocycles. The molecule has 0 spiro atoms. The molecule has 0 bridgehead atoms. The normalized spacial score (nSPS) is 11.6. The Balaban J connectivity index is 1.18. The van der Waals surface area contributed by atoms with Crippen molar-refractivity contribution in [2.75, 3.05) is 0 Å². The first-order chi connectivity index (χ1) is 21.8. The minimum absolute atomic E-state index is 0.376. The quantitative estimate of drug-likeness (QED) is 0.167. The Morgan fingerprint density at radius 2 is 0.727 bits per heavy atom. The molecule has 206 valence electrons. The van der Waals surface area contributed by atoms with Gasteiger partial charge in [0, 0.05) is 0 Å². The van der Waals surface area contributed by atoms with E-state index in [9.17, 15) is 0 Å². The van der Waals surface area contributed by atoms with Gasteiger partial charge in [0.05, 0.1) is 0 Å². The average molecular weight is 789 g/mol. The van der Waals surface area contributed by atoms with Crippen molar-refractivity contribution in [1.29, 1.82) is 0 Å². The van der Waals surface area contributed by atoms with Crippen molar-refractivity contribution in [3.05, 3.63) is 140 Å². The van der Waals surface area contributed by atoms with Crippen LogP contribution in [0, 0.1) is 0 Å². The molecular weight excluding hydrogens is 766 g/mol. The van der Waals surface area contributed by atoms with Crippen LogP contribution in [0.15, 0.2) is 140 Å². The fraction of sp³-hybridized carbons (Fsp3) is 0. The fourth-order valence-corrected chi connectivity index (χ4v) is 12.5. The van der Waals surface area contributed by atoms with Crippen molar-refractivity contribution in [3.63, 3.8) is 0 Å². The maximum absolute atomic E-state index is 5.09. The third-order valence-electron chi connectivity index (χ3n) is 8.14. The monoisotopic (exact) mass is 793 g/mol. The number of nitrogens with zero attached hydrogens (tertiary/aromatic N) is 3. The molecule has 3 nitrogen and oxygen atoms in total. The van der Waals surface area contributed by atoms with Gasteiger partial charge in [-0.15, -0.1) is 0 Å². The van der Waals surface area contributed by atoms with Gasteiger partial charge < -0.3 is 0 Å². The van der Waals surface area contributed by atoms with Crippen LogP contribution in [0.4, 0.5) is 0 Å². The van der Waals surface area contributed by atoms with E-state index < -0.39 is 20.4 Å². The molecule has 44 heavy (non-hydrogen) atoms. The van der Waals surface area contributed by atoms with E-state index in [1.807, 2.05) is 18.2 Å². The van der Waals surface area contributed by atoms with E-state index in [2.05, 4.69) is 121 Å². The molecule has 0 aliphatic rings. The van der Waals surface area contributed by atoms with Gasteiger partial charge in [-0.1, -0.05) is 0 Å². The van der Waals surface area contributed by atoms with Crippen molar-refractivity contribution in [2.45, 2.75) is 0 Å². The molecule has 0 amide bonds. The first-order valence-electron chi connectivity index (χ1n) is 14.5. The summed E-state index contributed by atoms with van der Waals surface area (Å²) in [6, 6.07) is 50.2. The van der Waals surface area contributed by atoms with Crippen LogP contribution < -0.4 is 0 Å². The van der Waals surface area contributed by atoms with E-state index in [0.717, 1.165) is 16.7 Å². The zero-order valence-electron chi connectivity index (χ0n) is 23.4. The minimum atomic E-state index is -0.438. The van der Waals surface area contributed by atoms with Crippen LogP contribution >= 0.6 is 0 Å². The summed E-state index contributed by atoms with van der Waals surface area (Å²) in [4.78, 5) is 15.1. The van der Waals surface area contributed by atoms with Crippen molar-refractivity contribution in [1.82, 2.24) is 15.0 Å². The summed E-state index contributed by atoms with van der Waals surface area (Å²) in [5.74, 6) is 2.10. The van der Waals surface area contributed by atoms with Gasteiger partial charge in [-0.25, -0.2) is 0 Å². The third-order valence-corrected chi connectivity index (χ3v) is 14.6. The Morgan fingerprint density at radius 1 is 0.295 bits per heavy atom. The second-order valence-corrected chi connectivity index (χ2v) is 17.1. The van der Waals surface area contributed by atoms with Crippen molar-refractivity contribution < 1.29 is 0 Å². The molecule has 0 N–H and O–H groups in total. The van der Waals surface area contributed by atoms with Gasteiger partial charge in [-0.2, -0.15) is 0 Å². The molecule has 0 unspecified atom stereocenters. The summed E-state index contributed by atoms with van der Waals surface area (Å²) in [6.45, 7) is 0. The molecule has 0 aliphatic carbocycles. The maximum atomic E-state index is 5.09. The Bertz CT molecular complexity index is 2510. The molecule has 3 heterocycles. The van der Waals surface area contributed by atoms with Gasteiger partial charge >= 0.3 is 276 Å². The van der Waals surface area contributed by atoms with E-state index in [0.29, 0.717) is 17.5 Å². The van der Waals surface area contributed by atoms with E-state index >= 15 is 0 Å². The van der Waals surface area contributed by atoms with Gasteiger partial charge in [0.15, 0.2) is 0 Å². The van der Waals surface area contributed by atoms with E-state index in [4.69, 9.17) is 15.0 Å². The van der Waals surface area contributed by atoms with Crippen molar-refractivity contribution in [3.8, 4) is 45.3 Å².